The first kappa shape index (κ1) is 18.7. The largest absolute Gasteiger partial charge is 0.508 e. The van der Waals surface area contributed by atoms with Gasteiger partial charge in [-0.3, -0.25) is 10.1 Å². The van der Waals surface area contributed by atoms with E-state index in [-0.39, 0.29) is 5.69 Å². The van der Waals surface area contributed by atoms with Gasteiger partial charge in [0, 0.05) is 12.6 Å². The van der Waals surface area contributed by atoms with Crippen LogP contribution in [0, 0.1) is 10.1 Å². The first-order chi connectivity index (χ1) is 10.8. The maximum atomic E-state index is 11.3. The molecular formula is C15H23N3O5. The van der Waals surface area contributed by atoms with E-state index in [0.29, 0.717) is 19.0 Å². The van der Waals surface area contributed by atoms with Gasteiger partial charge in [0.2, 0.25) is 0 Å². The zero-order valence-electron chi connectivity index (χ0n) is 13.7. The minimum absolute atomic E-state index is 0.0326. The number of nitrogens with one attached hydrogen (secondary N) is 1. The average Bonchev–Trinajstić information content (AvgIpc) is 2.45. The van der Waals surface area contributed by atoms with Crippen LogP contribution in [0.3, 0.4) is 0 Å². The molecule has 0 spiro atoms. The number of carbonyl (C=O) groups excluding carboxylic acids is 1. The van der Waals surface area contributed by atoms with Gasteiger partial charge in [-0.1, -0.05) is 0 Å². The lowest BCUT2D eigenvalue weighted by Gasteiger charge is -2.18. The Hall–Kier alpha value is -2.38. The van der Waals surface area contributed by atoms with Crippen molar-refractivity contribution in [2.75, 3.05) is 18.5 Å². The van der Waals surface area contributed by atoms with Crippen LogP contribution in [-0.2, 0) is 9.47 Å². The number of unbranched alkanes of at least 4 members (excludes halogenated alkanes) is 2. The van der Waals surface area contributed by atoms with E-state index in [1.54, 1.807) is 26.8 Å². The third-order valence-corrected chi connectivity index (χ3v) is 2.70. The molecule has 0 aliphatic rings. The molecule has 0 atom stereocenters. The molecule has 128 valence electrons. The third kappa shape index (κ3) is 8.60. The molecule has 0 saturated heterocycles. The second kappa shape index (κ2) is 8.92. The van der Waals surface area contributed by atoms with Gasteiger partial charge in [-0.25, -0.2) is 9.78 Å². The molecule has 8 nitrogen and oxygen atoms in total. The van der Waals surface area contributed by atoms with Gasteiger partial charge in [-0.15, -0.1) is 0 Å². The maximum absolute atomic E-state index is 11.3. The molecule has 0 aromatic carbocycles. The number of anilines is 1. The predicted octanol–water partition coefficient (Wildman–Crippen LogP) is 3.52. The van der Waals surface area contributed by atoms with Gasteiger partial charge >= 0.3 is 6.16 Å². The summed E-state index contributed by atoms with van der Waals surface area (Å²) in [5, 5.41) is 13.6. The van der Waals surface area contributed by atoms with Gasteiger partial charge in [-0.2, -0.15) is 0 Å². The zero-order valence-corrected chi connectivity index (χ0v) is 13.7. The molecule has 0 radical (unpaired) electrons. The number of carbonyl (C=O) groups is 1. The standard InChI is InChI=1S/C15H23N3O5/c1-15(2,3)23-14(19)22-10-6-4-5-9-16-13-8-7-12(11-17-13)18(20)21/h7-8,11H,4-6,9-10H2,1-3H3,(H,16,17). The van der Waals surface area contributed by atoms with Crippen molar-refractivity contribution >= 4 is 17.7 Å². The molecule has 0 aliphatic carbocycles. The van der Waals surface area contributed by atoms with Crippen molar-refractivity contribution in [2.24, 2.45) is 0 Å². The Morgan fingerprint density at radius 2 is 2.04 bits per heavy atom. The monoisotopic (exact) mass is 325 g/mol. The fourth-order valence-electron chi connectivity index (χ4n) is 1.65. The van der Waals surface area contributed by atoms with Crippen LogP contribution >= 0.6 is 0 Å². The van der Waals surface area contributed by atoms with Crippen LogP contribution in [0.2, 0.25) is 0 Å². The predicted molar refractivity (Wildman–Crippen MR) is 85.4 cm³/mol. The van der Waals surface area contributed by atoms with Crippen molar-refractivity contribution in [3.8, 4) is 0 Å². The summed E-state index contributed by atoms with van der Waals surface area (Å²) >= 11 is 0. The molecule has 1 aromatic rings. The van der Waals surface area contributed by atoms with E-state index in [9.17, 15) is 14.9 Å². The number of nitrogens with zero attached hydrogens (tertiary/aromatic N) is 2. The highest BCUT2D eigenvalue weighted by Gasteiger charge is 2.16. The molecule has 1 aromatic heterocycles. The Morgan fingerprint density at radius 3 is 2.61 bits per heavy atom. The minimum Gasteiger partial charge on any atom is -0.434 e. The first-order valence-electron chi connectivity index (χ1n) is 7.48. The van der Waals surface area contributed by atoms with Gasteiger partial charge in [0.25, 0.3) is 5.69 Å². The SMILES string of the molecule is CC(C)(C)OC(=O)OCCCCCNc1ccc([N+](=O)[O-])cn1. The topological polar surface area (TPSA) is 104 Å². The van der Waals surface area contributed by atoms with Crippen molar-refractivity contribution in [1.82, 2.24) is 4.98 Å². The summed E-state index contributed by atoms with van der Waals surface area (Å²) in [6.45, 7) is 6.37. The quantitative estimate of drug-likeness (QED) is 0.337. The molecule has 0 aliphatic heterocycles. The maximum Gasteiger partial charge on any atom is 0.508 e. The van der Waals surface area contributed by atoms with E-state index < -0.39 is 16.7 Å². The zero-order chi connectivity index (χ0) is 17.3. The molecule has 23 heavy (non-hydrogen) atoms. The van der Waals surface area contributed by atoms with Gasteiger partial charge in [0.05, 0.1) is 11.5 Å². The smallest absolute Gasteiger partial charge is 0.434 e. The van der Waals surface area contributed by atoms with E-state index in [0.717, 1.165) is 19.3 Å². The Balaban J connectivity index is 2.07. The number of rotatable bonds is 8. The number of nitro groups is 1. The van der Waals surface area contributed by atoms with Crippen LogP contribution in [0.4, 0.5) is 16.3 Å². The van der Waals surface area contributed by atoms with Crippen LogP contribution in [0.5, 0.6) is 0 Å². The minimum atomic E-state index is -0.647. The highest BCUT2D eigenvalue weighted by Crippen LogP contribution is 2.12. The van der Waals surface area contributed by atoms with Crippen LogP contribution < -0.4 is 5.32 Å². The average molecular weight is 325 g/mol. The highest BCUT2D eigenvalue weighted by atomic mass is 16.7. The molecule has 8 heteroatoms. The van der Waals surface area contributed by atoms with Gasteiger partial charge < -0.3 is 14.8 Å². The molecule has 0 unspecified atom stereocenters. The second-order valence-corrected chi connectivity index (χ2v) is 5.96. The van der Waals surface area contributed by atoms with Crippen molar-refractivity contribution in [3.63, 3.8) is 0 Å². The molecule has 1 heterocycles. The summed E-state index contributed by atoms with van der Waals surface area (Å²) < 4.78 is 9.98. The number of ether oxygens (including phenoxy) is 2. The first-order valence-corrected chi connectivity index (χ1v) is 7.48. The van der Waals surface area contributed by atoms with E-state index in [1.165, 1.54) is 12.3 Å². The lowest BCUT2D eigenvalue weighted by atomic mass is 10.2. The summed E-state index contributed by atoms with van der Waals surface area (Å²) in [4.78, 5) is 25.3. The van der Waals surface area contributed by atoms with Crippen LogP contribution in [0.15, 0.2) is 18.3 Å². The fraction of sp³-hybridized carbons (Fsp3) is 0.600. The summed E-state index contributed by atoms with van der Waals surface area (Å²) in [7, 11) is 0. The van der Waals surface area contributed by atoms with Crippen LogP contribution in [0.1, 0.15) is 40.0 Å². The molecule has 0 bridgehead atoms. The summed E-state index contributed by atoms with van der Waals surface area (Å²) in [5.74, 6) is 0.598. The van der Waals surface area contributed by atoms with Crippen molar-refractivity contribution < 1.29 is 19.2 Å². The lowest BCUT2D eigenvalue weighted by Crippen LogP contribution is -2.24. The molecular weight excluding hydrogens is 302 g/mol. The van der Waals surface area contributed by atoms with Crippen LogP contribution in [0.25, 0.3) is 0 Å². The van der Waals surface area contributed by atoms with E-state index in [4.69, 9.17) is 9.47 Å². The summed E-state index contributed by atoms with van der Waals surface area (Å²) in [6.07, 6.45) is 3.07. The fourth-order valence-corrected chi connectivity index (χ4v) is 1.65. The summed E-state index contributed by atoms with van der Waals surface area (Å²) in [5.41, 5.74) is -0.575. The molecule has 0 amide bonds. The van der Waals surface area contributed by atoms with Crippen LogP contribution in [-0.4, -0.2) is 34.8 Å². The number of hydrogen-bond acceptors (Lipinski definition) is 7. The van der Waals surface area contributed by atoms with E-state index in [1.807, 2.05) is 0 Å². The number of hydrogen-bond donors (Lipinski definition) is 1. The van der Waals surface area contributed by atoms with E-state index >= 15 is 0 Å². The number of aromatic nitrogens is 1. The Bertz CT molecular complexity index is 511. The normalized spacial score (nSPS) is 10.9. The Labute approximate surface area is 135 Å². The van der Waals surface area contributed by atoms with E-state index in [2.05, 4.69) is 10.3 Å². The molecule has 0 saturated carbocycles. The third-order valence-electron chi connectivity index (χ3n) is 2.70. The Kier molecular flexibility index (Phi) is 7.24. The van der Waals surface area contributed by atoms with Crippen molar-refractivity contribution in [1.29, 1.82) is 0 Å². The van der Waals surface area contributed by atoms with Gasteiger partial charge in [0.15, 0.2) is 0 Å². The Morgan fingerprint density at radius 1 is 1.30 bits per heavy atom. The van der Waals surface area contributed by atoms with Crippen molar-refractivity contribution in [3.05, 3.63) is 28.4 Å². The van der Waals surface area contributed by atoms with Crippen molar-refractivity contribution in [2.45, 2.75) is 45.6 Å². The highest BCUT2D eigenvalue weighted by molar-refractivity contribution is 5.60. The number of pyridine rings is 1. The molecule has 0 fully saturated rings. The second-order valence-electron chi connectivity index (χ2n) is 5.96. The molecule has 1 N–H and O–H groups in total. The lowest BCUT2D eigenvalue weighted by molar-refractivity contribution is -0.385. The molecule has 1 rings (SSSR count). The summed E-state index contributed by atoms with van der Waals surface area (Å²) in [6, 6.07) is 2.98. The van der Waals surface area contributed by atoms with Gasteiger partial charge in [0.1, 0.15) is 17.6 Å². The van der Waals surface area contributed by atoms with Gasteiger partial charge in [-0.05, 0) is 46.1 Å².